The average Bonchev–Trinajstić information content (AvgIpc) is 2.81. The lowest BCUT2D eigenvalue weighted by Gasteiger charge is -2.36. The number of piperidine rings is 1. The summed E-state index contributed by atoms with van der Waals surface area (Å²) in [7, 11) is 0. The number of aliphatic carboxylic acids is 1. The van der Waals surface area contributed by atoms with Crippen molar-refractivity contribution in [3.8, 4) is 0 Å². The van der Waals surface area contributed by atoms with Crippen LogP contribution < -0.4 is 4.90 Å². The number of carboxylic acids is 1. The molecule has 0 spiro atoms. The van der Waals surface area contributed by atoms with Crippen molar-refractivity contribution in [2.45, 2.75) is 32.2 Å². The van der Waals surface area contributed by atoms with Crippen molar-refractivity contribution in [3.05, 3.63) is 11.6 Å². The van der Waals surface area contributed by atoms with Crippen LogP contribution in [-0.2, 0) is 4.79 Å². The van der Waals surface area contributed by atoms with Crippen LogP contribution in [0, 0.1) is 5.92 Å². The van der Waals surface area contributed by atoms with Gasteiger partial charge in [-0.1, -0.05) is 13.3 Å². The molecule has 1 aromatic heterocycles. The SMILES string of the molecule is CCC1CCN(c2nccs2)C(C(=O)O)C1. The fourth-order valence-electron chi connectivity index (χ4n) is 2.23. The summed E-state index contributed by atoms with van der Waals surface area (Å²) in [5.74, 6) is -0.189. The number of carboxylic acid groups (broad SMARTS) is 1. The van der Waals surface area contributed by atoms with Crippen LogP contribution in [0.4, 0.5) is 5.13 Å². The average molecular weight is 240 g/mol. The van der Waals surface area contributed by atoms with Gasteiger partial charge in [-0.05, 0) is 18.8 Å². The standard InChI is InChI=1S/C11H16N2O2S/c1-2-8-3-5-13(9(7-8)10(14)15)11-12-4-6-16-11/h4,6,8-9H,2-3,5,7H2,1H3,(H,14,15). The third-order valence-electron chi connectivity index (χ3n) is 3.24. The number of aromatic nitrogens is 1. The highest BCUT2D eigenvalue weighted by molar-refractivity contribution is 7.13. The lowest BCUT2D eigenvalue weighted by Crippen LogP contribution is -2.47. The molecule has 2 atom stereocenters. The third-order valence-corrected chi connectivity index (χ3v) is 4.05. The molecule has 0 radical (unpaired) electrons. The molecule has 0 aromatic carbocycles. The van der Waals surface area contributed by atoms with Crippen LogP contribution in [0.25, 0.3) is 0 Å². The molecule has 2 rings (SSSR count). The number of carbonyl (C=O) groups is 1. The minimum absolute atomic E-state index is 0.398. The molecule has 88 valence electrons. The van der Waals surface area contributed by atoms with E-state index in [0.29, 0.717) is 5.92 Å². The first-order chi connectivity index (χ1) is 7.72. The number of anilines is 1. The maximum absolute atomic E-state index is 11.3. The van der Waals surface area contributed by atoms with Gasteiger partial charge >= 0.3 is 5.97 Å². The van der Waals surface area contributed by atoms with E-state index in [1.54, 1.807) is 6.20 Å². The van der Waals surface area contributed by atoms with Crippen molar-refractivity contribution < 1.29 is 9.90 Å². The molecule has 1 fully saturated rings. The smallest absolute Gasteiger partial charge is 0.326 e. The van der Waals surface area contributed by atoms with Gasteiger partial charge in [0.2, 0.25) is 0 Å². The van der Waals surface area contributed by atoms with E-state index in [2.05, 4.69) is 11.9 Å². The van der Waals surface area contributed by atoms with Gasteiger partial charge in [-0.3, -0.25) is 0 Å². The number of hydrogen-bond acceptors (Lipinski definition) is 4. The Balaban J connectivity index is 2.15. The van der Waals surface area contributed by atoms with Gasteiger partial charge in [0.25, 0.3) is 0 Å². The molecule has 0 bridgehead atoms. The molecule has 2 unspecified atom stereocenters. The molecule has 1 aromatic rings. The van der Waals surface area contributed by atoms with Gasteiger partial charge in [0, 0.05) is 18.1 Å². The van der Waals surface area contributed by atoms with Crippen LogP contribution in [0.3, 0.4) is 0 Å². The Morgan fingerprint density at radius 3 is 3.12 bits per heavy atom. The van der Waals surface area contributed by atoms with Crippen molar-refractivity contribution in [1.82, 2.24) is 4.98 Å². The molecule has 5 heteroatoms. The minimum atomic E-state index is -0.728. The lowest BCUT2D eigenvalue weighted by molar-refractivity contribution is -0.139. The van der Waals surface area contributed by atoms with Crippen LogP contribution in [0.2, 0.25) is 0 Å². The van der Waals surface area contributed by atoms with Gasteiger partial charge < -0.3 is 10.0 Å². The quantitative estimate of drug-likeness (QED) is 0.880. The van der Waals surface area contributed by atoms with Crippen LogP contribution in [-0.4, -0.2) is 28.6 Å². The first-order valence-corrected chi connectivity index (χ1v) is 6.49. The Bertz CT molecular complexity index is 353. The first kappa shape index (κ1) is 11.4. The highest BCUT2D eigenvalue weighted by Crippen LogP contribution is 2.30. The second-order valence-electron chi connectivity index (χ2n) is 4.16. The zero-order valence-electron chi connectivity index (χ0n) is 9.30. The molecule has 2 heterocycles. The maximum atomic E-state index is 11.3. The molecule has 0 aliphatic carbocycles. The van der Waals surface area contributed by atoms with Gasteiger partial charge in [0.1, 0.15) is 6.04 Å². The van der Waals surface area contributed by atoms with Crippen molar-refractivity contribution >= 4 is 22.4 Å². The fourth-order valence-corrected chi connectivity index (χ4v) is 2.95. The zero-order chi connectivity index (χ0) is 11.5. The zero-order valence-corrected chi connectivity index (χ0v) is 10.1. The van der Waals surface area contributed by atoms with Crippen molar-refractivity contribution in [1.29, 1.82) is 0 Å². The minimum Gasteiger partial charge on any atom is -0.480 e. The molecule has 1 N–H and O–H groups in total. The van der Waals surface area contributed by atoms with E-state index in [4.69, 9.17) is 0 Å². The second kappa shape index (κ2) is 4.82. The number of thiazole rings is 1. The van der Waals surface area contributed by atoms with Gasteiger partial charge in [-0.2, -0.15) is 0 Å². The van der Waals surface area contributed by atoms with Gasteiger partial charge in [0.15, 0.2) is 5.13 Å². The lowest BCUT2D eigenvalue weighted by atomic mass is 9.89. The molecule has 0 amide bonds. The molecule has 0 saturated carbocycles. The number of hydrogen-bond donors (Lipinski definition) is 1. The van der Waals surface area contributed by atoms with E-state index in [9.17, 15) is 9.90 Å². The Labute approximate surface area is 98.9 Å². The van der Waals surface area contributed by atoms with Gasteiger partial charge in [-0.25, -0.2) is 9.78 Å². The molecular weight excluding hydrogens is 224 g/mol. The predicted molar refractivity (Wildman–Crippen MR) is 63.9 cm³/mol. The summed E-state index contributed by atoms with van der Waals surface area (Å²) in [5, 5.41) is 12.0. The summed E-state index contributed by atoms with van der Waals surface area (Å²) in [6, 6.07) is -0.398. The monoisotopic (exact) mass is 240 g/mol. The largest absolute Gasteiger partial charge is 0.480 e. The maximum Gasteiger partial charge on any atom is 0.326 e. The Morgan fingerprint density at radius 2 is 2.56 bits per heavy atom. The van der Waals surface area contributed by atoms with E-state index in [-0.39, 0.29) is 0 Å². The molecular formula is C11H16N2O2S. The summed E-state index contributed by atoms with van der Waals surface area (Å²) in [5.41, 5.74) is 0. The molecule has 16 heavy (non-hydrogen) atoms. The topological polar surface area (TPSA) is 53.4 Å². The van der Waals surface area contributed by atoms with E-state index < -0.39 is 12.0 Å². The van der Waals surface area contributed by atoms with Crippen molar-refractivity contribution in [3.63, 3.8) is 0 Å². The first-order valence-electron chi connectivity index (χ1n) is 5.61. The van der Waals surface area contributed by atoms with Crippen LogP contribution >= 0.6 is 11.3 Å². The molecule has 1 aliphatic heterocycles. The summed E-state index contributed by atoms with van der Waals surface area (Å²) >= 11 is 1.51. The van der Waals surface area contributed by atoms with Crippen LogP contribution in [0.1, 0.15) is 26.2 Å². The highest BCUT2D eigenvalue weighted by atomic mass is 32.1. The Kier molecular flexibility index (Phi) is 3.43. The molecule has 4 nitrogen and oxygen atoms in total. The van der Waals surface area contributed by atoms with Crippen LogP contribution in [0.5, 0.6) is 0 Å². The van der Waals surface area contributed by atoms with Crippen LogP contribution in [0.15, 0.2) is 11.6 Å². The Morgan fingerprint density at radius 1 is 1.75 bits per heavy atom. The van der Waals surface area contributed by atoms with Gasteiger partial charge in [-0.15, -0.1) is 11.3 Å². The number of rotatable bonds is 3. The van der Waals surface area contributed by atoms with Gasteiger partial charge in [0.05, 0.1) is 0 Å². The van der Waals surface area contributed by atoms with Crippen molar-refractivity contribution in [2.24, 2.45) is 5.92 Å². The Hall–Kier alpha value is -1.10. The fraction of sp³-hybridized carbons (Fsp3) is 0.636. The predicted octanol–water partition coefficient (Wildman–Crippen LogP) is 2.22. The van der Waals surface area contributed by atoms with E-state index in [0.717, 1.165) is 30.9 Å². The van der Waals surface area contributed by atoms with Crippen molar-refractivity contribution in [2.75, 3.05) is 11.4 Å². The number of nitrogens with zero attached hydrogens (tertiary/aromatic N) is 2. The summed E-state index contributed by atoms with van der Waals surface area (Å²) < 4.78 is 0. The molecule has 1 saturated heterocycles. The summed E-state index contributed by atoms with van der Waals surface area (Å²) in [6.07, 6.45) is 4.60. The normalized spacial score (nSPS) is 25.7. The van der Waals surface area contributed by atoms with E-state index >= 15 is 0 Å². The molecule has 1 aliphatic rings. The highest BCUT2D eigenvalue weighted by Gasteiger charge is 2.33. The second-order valence-corrected chi connectivity index (χ2v) is 5.03. The van der Waals surface area contributed by atoms with E-state index in [1.807, 2.05) is 10.3 Å². The van der Waals surface area contributed by atoms with E-state index in [1.165, 1.54) is 11.3 Å². The summed E-state index contributed by atoms with van der Waals surface area (Å²) in [4.78, 5) is 17.4. The third kappa shape index (κ3) is 2.19. The summed E-state index contributed by atoms with van der Waals surface area (Å²) in [6.45, 7) is 2.94.